The van der Waals surface area contributed by atoms with Crippen molar-refractivity contribution in [3.05, 3.63) is 120 Å². The molecule has 6 aromatic rings. The molecular weight excluding hydrogens is 476 g/mol. The van der Waals surface area contributed by atoms with Crippen LogP contribution in [0.25, 0.3) is 53.6 Å². The van der Waals surface area contributed by atoms with E-state index in [2.05, 4.69) is 138 Å². The lowest BCUT2D eigenvalue weighted by atomic mass is 9.78. The quantitative estimate of drug-likeness (QED) is 0.218. The molecular formula is C37H32S. The third-order valence-corrected chi connectivity index (χ3v) is 9.66. The molecule has 0 amide bonds. The van der Waals surface area contributed by atoms with Gasteiger partial charge < -0.3 is 0 Å². The summed E-state index contributed by atoms with van der Waals surface area (Å²) >= 11 is 1.90. The van der Waals surface area contributed by atoms with Gasteiger partial charge in [0.25, 0.3) is 0 Å². The molecule has 186 valence electrons. The van der Waals surface area contributed by atoms with Crippen molar-refractivity contribution >= 4 is 32.2 Å². The number of hydrogen-bond acceptors (Lipinski definition) is 1. The van der Waals surface area contributed by atoms with Gasteiger partial charge in [-0.15, -0.1) is 11.3 Å². The van der Waals surface area contributed by atoms with Crippen molar-refractivity contribution in [2.24, 2.45) is 0 Å². The first kappa shape index (κ1) is 23.4. The summed E-state index contributed by atoms with van der Waals surface area (Å²) in [6.07, 6.45) is 0. The minimum absolute atomic E-state index is 0.0217. The predicted octanol–water partition coefficient (Wildman–Crippen LogP) is 11.0. The minimum Gasteiger partial charge on any atom is -0.135 e. The zero-order valence-corrected chi connectivity index (χ0v) is 23.5. The second-order valence-corrected chi connectivity index (χ2v) is 13.3. The van der Waals surface area contributed by atoms with Gasteiger partial charge in [0.05, 0.1) is 0 Å². The van der Waals surface area contributed by atoms with Gasteiger partial charge in [-0.3, -0.25) is 0 Å². The van der Waals surface area contributed by atoms with Crippen LogP contribution >= 0.6 is 11.3 Å². The summed E-state index contributed by atoms with van der Waals surface area (Å²) in [5, 5.41) is 3.96. The maximum absolute atomic E-state index is 2.45. The lowest BCUT2D eigenvalue weighted by Gasteiger charge is -2.25. The summed E-state index contributed by atoms with van der Waals surface area (Å²) in [6.45, 7) is 11.7. The Labute approximate surface area is 229 Å². The maximum atomic E-state index is 2.45. The van der Waals surface area contributed by atoms with Crippen LogP contribution in [0.15, 0.2) is 103 Å². The Hall–Kier alpha value is -3.68. The van der Waals surface area contributed by atoms with Gasteiger partial charge in [-0.05, 0) is 84.3 Å². The van der Waals surface area contributed by atoms with E-state index in [0.717, 1.165) is 0 Å². The van der Waals surface area contributed by atoms with Gasteiger partial charge in [-0.1, -0.05) is 120 Å². The molecule has 0 saturated carbocycles. The zero-order chi connectivity index (χ0) is 26.2. The third-order valence-electron chi connectivity index (χ3n) is 8.43. The van der Waals surface area contributed by atoms with E-state index < -0.39 is 0 Å². The molecule has 0 saturated heterocycles. The zero-order valence-electron chi connectivity index (χ0n) is 22.7. The van der Waals surface area contributed by atoms with E-state index in [0.29, 0.717) is 0 Å². The van der Waals surface area contributed by atoms with E-state index in [1.165, 1.54) is 70.2 Å². The van der Waals surface area contributed by atoms with E-state index in [9.17, 15) is 0 Å². The number of hydrogen-bond donors (Lipinski definition) is 0. The molecule has 1 heterocycles. The summed E-state index contributed by atoms with van der Waals surface area (Å²) in [6, 6.07) is 38.8. The number of benzene rings is 5. The molecule has 0 radical (unpaired) electrons. The Bertz CT molecular complexity index is 1870. The summed E-state index contributed by atoms with van der Waals surface area (Å²) in [5.74, 6) is 0. The number of fused-ring (bicyclic) bond motifs is 6. The largest absolute Gasteiger partial charge is 0.135 e. The molecule has 0 unspecified atom stereocenters. The highest BCUT2D eigenvalue weighted by Gasteiger charge is 2.36. The minimum atomic E-state index is -0.0217. The topological polar surface area (TPSA) is 0 Å². The average molecular weight is 509 g/mol. The summed E-state index contributed by atoms with van der Waals surface area (Å²) in [5.41, 5.74) is 11.0. The van der Waals surface area contributed by atoms with Crippen LogP contribution in [0.4, 0.5) is 0 Å². The normalized spacial score (nSPS) is 14.1. The fourth-order valence-corrected chi connectivity index (χ4v) is 7.34. The first-order chi connectivity index (χ1) is 18.2. The van der Waals surface area contributed by atoms with Crippen LogP contribution in [0.1, 0.15) is 51.3 Å². The van der Waals surface area contributed by atoms with Gasteiger partial charge in [-0.25, -0.2) is 0 Å². The lowest BCUT2D eigenvalue weighted by Crippen LogP contribution is -2.17. The molecule has 7 rings (SSSR count). The van der Waals surface area contributed by atoms with Gasteiger partial charge in [0.2, 0.25) is 0 Å². The highest BCUT2D eigenvalue weighted by molar-refractivity contribution is 7.23. The molecule has 0 spiro atoms. The van der Waals surface area contributed by atoms with Crippen LogP contribution in [0.2, 0.25) is 0 Å². The molecule has 0 aliphatic heterocycles. The average Bonchev–Trinajstić information content (AvgIpc) is 3.45. The summed E-state index contributed by atoms with van der Waals surface area (Å²) in [4.78, 5) is 1.32. The van der Waals surface area contributed by atoms with E-state index in [1.54, 1.807) is 0 Å². The molecule has 0 atom stereocenters. The number of thiophene rings is 1. The van der Waals surface area contributed by atoms with E-state index in [1.807, 2.05) is 11.3 Å². The van der Waals surface area contributed by atoms with Crippen molar-refractivity contribution in [3.63, 3.8) is 0 Å². The Morgan fingerprint density at radius 3 is 2.08 bits per heavy atom. The van der Waals surface area contributed by atoms with Crippen LogP contribution in [0, 0.1) is 0 Å². The van der Waals surface area contributed by atoms with Crippen molar-refractivity contribution < 1.29 is 0 Å². The van der Waals surface area contributed by atoms with Crippen LogP contribution < -0.4 is 0 Å². The third kappa shape index (κ3) is 3.56. The first-order valence-corrected chi connectivity index (χ1v) is 14.3. The SMILES string of the molecule is CC(C)(C)c1ccc2c(c1)C(C)(C)c1cc(-c3cccc(-c4cc5ccc6ccccc6c5s4)c3)ccc1-2. The van der Waals surface area contributed by atoms with Gasteiger partial charge in [0, 0.05) is 15.0 Å². The first-order valence-electron chi connectivity index (χ1n) is 13.5. The lowest BCUT2D eigenvalue weighted by molar-refractivity contribution is 0.584. The molecule has 0 nitrogen and oxygen atoms in total. The summed E-state index contributed by atoms with van der Waals surface area (Å²) in [7, 11) is 0. The molecule has 1 aliphatic rings. The molecule has 1 aromatic heterocycles. The fraction of sp³-hybridized carbons (Fsp3) is 0.189. The van der Waals surface area contributed by atoms with Gasteiger partial charge in [0.15, 0.2) is 0 Å². The van der Waals surface area contributed by atoms with E-state index >= 15 is 0 Å². The standard InChI is InChI=1S/C37H32S/c1-36(2,3)28-16-18-31-30-17-15-25(20-32(30)37(4,5)33(31)22-28)24-10-8-11-26(19-24)34-21-27-14-13-23-9-6-7-12-29(23)35(27)38-34/h6-22H,1-5H3. The maximum Gasteiger partial charge on any atom is 0.0427 e. The molecule has 38 heavy (non-hydrogen) atoms. The molecule has 0 N–H and O–H groups in total. The van der Waals surface area contributed by atoms with Crippen molar-refractivity contribution in [1.29, 1.82) is 0 Å². The Morgan fingerprint density at radius 1 is 0.579 bits per heavy atom. The second kappa shape index (κ2) is 8.16. The molecule has 1 heteroatoms. The van der Waals surface area contributed by atoms with Crippen molar-refractivity contribution in [2.45, 2.75) is 45.4 Å². The molecule has 0 bridgehead atoms. The number of rotatable bonds is 2. The van der Waals surface area contributed by atoms with Crippen LogP contribution in [-0.4, -0.2) is 0 Å². The van der Waals surface area contributed by atoms with Gasteiger partial charge in [-0.2, -0.15) is 0 Å². The Morgan fingerprint density at radius 2 is 1.26 bits per heavy atom. The highest BCUT2D eigenvalue weighted by atomic mass is 32.1. The molecule has 0 fully saturated rings. The van der Waals surface area contributed by atoms with Gasteiger partial charge in [0.1, 0.15) is 0 Å². The highest BCUT2D eigenvalue weighted by Crippen LogP contribution is 2.50. The van der Waals surface area contributed by atoms with Crippen LogP contribution in [-0.2, 0) is 10.8 Å². The van der Waals surface area contributed by atoms with E-state index in [-0.39, 0.29) is 10.8 Å². The van der Waals surface area contributed by atoms with E-state index in [4.69, 9.17) is 0 Å². The van der Waals surface area contributed by atoms with Crippen molar-refractivity contribution in [1.82, 2.24) is 0 Å². The Balaban J connectivity index is 1.30. The van der Waals surface area contributed by atoms with Crippen molar-refractivity contribution in [2.75, 3.05) is 0 Å². The fourth-order valence-electron chi connectivity index (χ4n) is 6.15. The predicted molar refractivity (Wildman–Crippen MR) is 166 cm³/mol. The van der Waals surface area contributed by atoms with Crippen LogP contribution in [0.5, 0.6) is 0 Å². The van der Waals surface area contributed by atoms with Crippen molar-refractivity contribution in [3.8, 4) is 32.7 Å². The smallest absolute Gasteiger partial charge is 0.0427 e. The molecule has 1 aliphatic carbocycles. The van der Waals surface area contributed by atoms with Crippen LogP contribution in [0.3, 0.4) is 0 Å². The Kier molecular flexibility index (Phi) is 5.03. The second-order valence-electron chi connectivity index (χ2n) is 12.3. The monoisotopic (exact) mass is 508 g/mol. The molecule has 5 aromatic carbocycles. The van der Waals surface area contributed by atoms with Gasteiger partial charge >= 0.3 is 0 Å². The summed E-state index contributed by atoms with van der Waals surface area (Å²) < 4.78 is 1.37.